The van der Waals surface area contributed by atoms with E-state index in [-0.39, 0.29) is 18.0 Å². The van der Waals surface area contributed by atoms with Crippen molar-refractivity contribution in [2.75, 3.05) is 0 Å². The van der Waals surface area contributed by atoms with Gasteiger partial charge in [-0.1, -0.05) is 26.0 Å². The Hall–Kier alpha value is -0.790. The molecule has 0 saturated carbocycles. The average molecular weight is 180 g/mol. The van der Waals surface area contributed by atoms with E-state index in [9.17, 15) is 4.79 Å². The van der Waals surface area contributed by atoms with Gasteiger partial charge in [-0.2, -0.15) is 0 Å². The van der Waals surface area contributed by atoms with Crippen molar-refractivity contribution < 1.29 is 9.53 Å². The molecular formula is C11H16O2. The molecule has 0 radical (unpaired) electrons. The van der Waals surface area contributed by atoms with Crippen molar-refractivity contribution in [3.8, 4) is 0 Å². The minimum atomic E-state index is 0.0132. The molecule has 0 amide bonds. The Bertz CT molecular complexity index is 242. The fourth-order valence-electron chi connectivity index (χ4n) is 2.31. The van der Waals surface area contributed by atoms with E-state index in [4.69, 9.17) is 4.74 Å². The number of hydrogen-bond donors (Lipinski definition) is 0. The minimum Gasteiger partial charge on any atom is -0.461 e. The number of ether oxygens (including phenoxy) is 1. The number of esters is 1. The van der Waals surface area contributed by atoms with Gasteiger partial charge in [0.05, 0.1) is 5.92 Å². The number of carbonyl (C=O) groups is 1. The summed E-state index contributed by atoms with van der Waals surface area (Å²) in [4.78, 5) is 11.5. The molecule has 2 bridgehead atoms. The van der Waals surface area contributed by atoms with Crippen LogP contribution in [0.15, 0.2) is 12.2 Å². The number of rotatable bonds is 1. The molecule has 2 rings (SSSR count). The lowest BCUT2D eigenvalue weighted by molar-refractivity contribution is -0.167. The van der Waals surface area contributed by atoms with Crippen LogP contribution >= 0.6 is 0 Å². The first-order valence-electron chi connectivity index (χ1n) is 5.05. The third-order valence-corrected chi connectivity index (χ3v) is 3.03. The maximum Gasteiger partial charge on any atom is 0.309 e. The van der Waals surface area contributed by atoms with E-state index in [1.54, 1.807) is 0 Å². The fraction of sp³-hybridized carbons (Fsp3) is 0.727. The highest BCUT2D eigenvalue weighted by Gasteiger charge is 2.38. The predicted octanol–water partition coefficient (Wildman–Crippen LogP) is 2.15. The van der Waals surface area contributed by atoms with Crippen LogP contribution in [0.25, 0.3) is 0 Å². The summed E-state index contributed by atoms with van der Waals surface area (Å²) in [5, 5.41) is 0. The second-order valence-electron chi connectivity index (χ2n) is 4.41. The predicted molar refractivity (Wildman–Crippen MR) is 50.1 cm³/mol. The molecule has 0 aromatic carbocycles. The third-order valence-electron chi connectivity index (χ3n) is 3.03. The van der Waals surface area contributed by atoms with Crippen molar-refractivity contribution in [3.63, 3.8) is 0 Å². The topological polar surface area (TPSA) is 26.3 Å². The van der Waals surface area contributed by atoms with Crippen LogP contribution in [-0.4, -0.2) is 12.1 Å². The molecule has 0 aromatic rings. The summed E-state index contributed by atoms with van der Waals surface area (Å²) in [6, 6.07) is 0. The number of carbonyl (C=O) groups excluding carboxylic acids is 1. The zero-order valence-electron chi connectivity index (χ0n) is 8.19. The molecule has 1 fully saturated rings. The van der Waals surface area contributed by atoms with Crippen molar-refractivity contribution in [2.45, 2.75) is 32.8 Å². The van der Waals surface area contributed by atoms with Crippen LogP contribution in [0.4, 0.5) is 0 Å². The van der Waals surface area contributed by atoms with E-state index < -0.39 is 0 Å². The van der Waals surface area contributed by atoms with E-state index >= 15 is 0 Å². The van der Waals surface area contributed by atoms with Crippen LogP contribution in [0.2, 0.25) is 0 Å². The van der Waals surface area contributed by atoms with E-state index in [1.807, 2.05) is 0 Å². The van der Waals surface area contributed by atoms with Crippen molar-refractivity contribution in [2.24, 2.45) is 17.8 Å². The maximum absolute atomic E-state index is 11.5. The van der Waals surface area contributed by atoms with Gasteiger partial charge in [0.25, 0.3) is 0 Å². The van der Waals surface area contributed by atoms with Gasteiger partial charge in [-0.25, -0.2) is 0 Å². The lowest BCUT2D eigenvalue weighted by atomic mass is 9.78. The van der Waals surface area contributed by atoms with Crippen LogP contribution in [0, 0.1) is 17.8 Å². The van der Waals surface area contributed by atoms with E-state index in [0.29, 0.717) is 11.8 Å². The molecule has 3 atom stereocenters. The van der Waals surface area contributed by atoms with Gasteiger partial charge >= 0.3 is 5.97 Å². The number of cyclic esters (lactones) is 1. The van der Waals surface area contributed by atoms with Crippen molar-refractivity contribution >= 4 is 5.97 Å². The van der Waals surface area contributed by atoms with Gasteiger partial charge < -0.3 is 4.74 Å². The fourth-order valence-corrected chi connectivity index (χ4v) is 2.31. The van der Waals surface area contributed by atoms with Crippen LogP contribution in [0.5, 0.6) is 0 Å². The van der Waals surface area contributed by atoms with Gasteiger partial charge in [0.15, 0.2) is 0 Å². The van der Waals surface area contributed by atoms with E-state index in [2.05, 4.69) is 26.0 Å². The van der Waals surface area contributed by atoms with Crippen LogP contribution in [-0.2, 0) is 9.53 Å². The summed E-state index contributed by atoms with van der Waals surface area (Å²) in [7, 11) is 0. The Balaban J connectivity index is 2.18. The highest BCUT2D eigenvalue weighted by atomic mass is 16.5. The summed E-state index contributed by atoms with van der Waals surface area (Å²) in [5.74, 6) is 1.05. The summed E-state index contributed by atoms with van der Waals surface area (Å²) < 4.78 is 5.42. The molecule has 1 aliphatic heterocycles. The lowest BCUT2D eigenvalue weighted by Gasteiger charge is -2.38. The van der Waals surface area contributed by atoms with Crippen molar-refractivity contribution in [1.82, 2.24) is 0 Å². The average Bonchev–Trinajstić information content (AvgIpc) is 2.12. The van der Waals surface area contributed by atoms with Crippen LogP contribution in [0.1, 0.15) is 26.7 Å². The molecule has 2 nitrogen and oxygen atoms in total. The summed E-state index contributed by atoms with van der Waals surface area (Å²) in [6.45, 7) is 4.22. The largest absolute Gasteiger partial charge is 0.461 e. The molecule has 0 aromatic heterocycles. The normalized spacial score (nSPS) is 37.8. The molecule has 72 valence electrons. The SMILES string of the molecule is CC(C)[C@H]1OC(=O)[C@@H]2CC=C[C@H]1C2. The standard InChI is InChI=1S/C11H16O2/c1-7(2)10-8-4-3-5-9(6-8)11(12)13-10/h3-4,7-10H,5-6H2,1-2H3/t8-,9+,10+/m0/s1. The molecule has 1 heterocycles. The Morgan fingerprint density at radius 3 is 3.00 bits per heavy atom. The van der Waals surface area contributed by atoms with Gasteiger partial charge in [0.1, 0.15) is 6.10 Å². The molecule has 0 spiro atoms. The zero-order chi connectivity index (χ0) is 9.42. The van der Waals surface area contributed by atoms with Crippen LogP contribution in [0.3, 0.4) is 0 Å². The summed E-state index contributed by atoms with van der Waals surface area (Å²) >= 11 is 0. The minimum absolute atomic E-state index is 0.0132. The summed E-state index contributed by atoms with van der Waals surface area (Å²) in [6.07, 6.45) is 6.33. The lowest BCUT2D eigenvalue weighted by Crippen LogP contribution is -2.41. The summed E-state index contributed by atoms with van der Waals surface area (Å²) in [5.41, 5.74) is 0. The van der Waals surface area contributed by atoms with Gasteiger partial charge in [0.2, 0.25) is 0 Å². The number of fused-ring (bicyclic) bond motifs is 2. The zero-order valence-corrected chi connectivity index (χ0v) is 8.19. The second kappa shape index (κ2) is 3.17. The van der Waals surface area contributed by atoms with Gasteiger partial charge in [-0.15, -0.1) is 0 Å². The first-order chi connectivity index (χ1) is 6.18. The quantitative estimate of drug-likeness (QED) is 0.456. The molecule has 0 N–H and O–H groups in total. The van der Waals surface area contributed by atoms with Crippen molar-refractivity contribution in [1.29, 1.82) is 0 Å². The second-order valence-corrected chi connectivity index (χ2v) is 4.41. The first kappa shape index (κ1) is 8.79. The monoisotopic (exact) mass is 180 g/mol. The molecule has 13 heavy (non-hydrogen) atoms. The van der Waals surface area contributed by atoms with Crippen molar-refractivity contribution in [3.05, 3.63) is 12.2 Å². The highest BCUT2D eigenvalue weighted by Crippen LogP contribution is 2.36. The Kier molecular flexibility index (Phi) is 2.14. The molecular weight excluding hydrogens is 164 g/mol. The molecule has 1 aliphatic carbocycles. The van der Waals surface area contributed by atoms with Gasteiger partial charge in [-0.3, -0.25) is 4.79 Å². The van der Waals surface area contributed by atoms with E-state index in [0.717, 1.165) is 12.8 Å². The highest BCUT2D eigenvalue weighted by molar-refractivity contribution is 5.74. The Labute approximate surface area is 79.0 Å². The van der Waals surface area contributed by atoms with Gasteiger partial charge in [-0.05, 0) is 18.8 Å². The molecule has 2 heteroatoms. The van der Waals surface area contributed by atoms with Crippen LogP contribution < -0.4 is 0 Å². The number of hydrogen-bond acceptors (Lipinski definition) is 2. The smallest absolute Gasteiger partial charge is 0.309 e. The third kappa shape index (κ3) is 1.50. The van der Waals surface area contributed by atoms with Gasteiger partial charge in [0, 0.05) is 5.92 Å². The number of allylic oxidation sites excluding steroid dienone is 1. The maximum atomic E-state index is 11.5. The first-order valence-corrected chi connectivity index (χ1v) is 5.05. The Morgan fingerprint density at radius 2 is 2.31 bits per heavy atom. The molecule has 0 unspecified atom stereocenters. The molecule has 1 saturated heterocycles. The van der Waals surface area contributed by atoms with E-state index in [1.165, 1.54) is 0 Å². The molecule has 2 aliphatic rings. The Morgan fingerprint density at radius 1 is 1.54 bits per heavy atom.